The summed E-state index contributed by atoms with van der Waals surface area (Å²) in [5.74, 6) is -1.81. The Morgan fingerprint density at radius 3 is 2.66 bits per heavy atom. The van der Waals surface area contributed by atoms with Gasteiger partial charge >= 0.3 is 0 Å². The molecule has 2 amide bonds. The van der Waals surface area contributed by atoms with Gasteiger partial charge < -0.3 is 9.52 Å². The number of nitrogens with one attached hydrogen (secondary N) is 1. The molecule has 2 fully saturated rings. The molecule has 2 aliphatic rings. The van der Waals surface area contributed by atoms with Crippen molar-refractivity contribution in [2.45, 2.75) is 51.2 Å². The zero-order chi connectivity index (χ0) is 28.9. The molecule has 8 nitrogen and oxygen atoms in total. The Labute approximate surface area is 241 Å². The second-order valence-electron chi connectivity index (χ2n) is 11.7. The van der Waals surface area contributed by atoms with E-state index < -0.39 is 28.7 Å². The number of benzene rings is 2. The number of likely N-dealkylation sites (tertiary alicyclic amines) is 1. The molecule has 6 rings (SSSR count). The molecule has 0 bridgehead atoms. The van der Waals surface area contributed by atoms with Gasteiger partial charge in [-0.25, -0.2) is 4.39 Å². The monoisotopic (exact) mass is 576 g/mol. The van der Waals surface area contributed by atoms with Gasteiger partial charge in [0.15, 0.2) is 0 Å². The molecule has 4 aromatic rings. The van der Waals surface area contributed by atoms with Crippen LogP contribution in [0.25, 0.3) is 22.2 Å². The molecule has 2 saturated heterocycles. The largest absolute Gasteiger partial charge is 0.436 e. The van der Waals surface area contributed by atoms with Crippen molar-refractivity contribution in [3.05, 3.63) is 82.8 Å². The molecule has 2 aromatic carbocycles. The first-order valence-corrected chi connectivity index (χ1v) is 14.0. The van der Waals surface area contributed by atoms with Crippen LogP contribution < -0.4 is 5.32 Å². The molecular weight excluding hydrogens is 547 g/mol. The van der Waals surface area contributed by atoms with Crippen molar-refractivity contribution in [1.82, 2.24) is 20.2 Å². The predicted octanol–water partition coefficient (Wildman–Crippen LogP) is 5.32. The zero-order valence-electron chi connectivity index (χ0n) is 22.8. The maximum Gasteiger partial charge on any atom is 0.292 e. The molecule has 0 aliphatic carbocycles. The number of aromatic nitrogens is 2. The molecule has 10 heteroatoms. The highest BCUT2D eigenvalue weighted by Crippen LogP contribution is 2.48. The van der Waals surface area contributed by atoms with Crippen LogP contribution in [0, 0.1) is 11.2 Å². The number of halogens is 2. The van der Waals surface area contributed by atoms with E-state index in [-0.39, 0.29) is 28.6 Å². The fourth-order valence-electron chi connectivity index (χ4n) is 6.19. The topological polar surface area (TPSA) is 109 Å². The third-order valence-electron chi connectivity index (χ3n) is 8.57. The Kier molecular flexibility index (Phi) is 6.92. The van der Waals surface area contributed by atoms with E-state index in [2.05, 4.69) is 20.2 Å². The van der Waals surface area contributed by atoms with Crippen LogP contribution >= 0.6 is 11.6 Å². The van der Waals surface area contributed by atoms with Crippen LogP contribution in [0.4, 0.5) is 4.39 Å². The third kappa shape index (κ3) is 5.03. The maximum atomic E-state index is 16.2. The number of imide groups is 1. The number of hydrogen-bond donors (Lipinski definition) is 2. The Bertz CT molecular complexity index is 1650. The number of rotatable bonds is 5. The lowest BCUT2D eigenvalue weighted by Gasteiger charge is -2.50. The number of nitrogens with zero attached hydrogens (tertiary/aromatic N) is 3. The lowest BCUT2D eigenvalue weighted by atomic mass is 9.66. The molecule has 2 aromatic heterocycles. The second kappa shape index (κ2) is 10.3. The van der Waals surface area contributed by atoms with E-state index in [1.54, 1.807) is 24.4 Å². The first-order chi connectivity index (χ1) is 19.5. The molecule has 0 saturated carbocycles. The molecule has 2 atom stereocenters. The van der Waals surface area contributed by atoms with Crippen molar-refractivity contribution in [2.24, 2.45) is 5.41 Å². The van der Waals surface area contributed by atoms with Crippen LogP contribution in [0.5, 0.6) is 0 Å². The highest BCUT2D eigenvalue weighted by molar-refractivity contribution is 6.27. The number of oxazole rings is 1. The Morgan fingerprint density at radius 2 is 1.98 bits per heavy atom. The molecule has 0 spiro atoms. The average Bonchev–Trinajstić information content (AvgIpc) is 3.37. The van der Waals surface area contributed by atoms with E-state index in [0.29, 0.717) is 49.2 Å². The van der Waals surface area contributed by atoms with Crippen LogP contribution in [0.3, 0.4) is 0 Å². The van der Waals surface area contributed by atoms with Gasteiger partial charge in [0.2, 0.25) is 11.8 Å². The summed E-state index contributed by atoms with van der Waals surface area (Å²) in [6.45, 7) is 5.72. The lowest BCUT2D eigenvalue weighted by molar-refractivity contribution is -0.134. The highest BCUT2D eigenvalue weighted by Gasteiger charge is 2.50. The first kappa shape index (κ1) is 27.5. The van der Waals surface area contributed by atoms with Crippen molar-refractivity contribution in [2.75, 3.05) is 13.1 Å². The minimum atomic E-state index is -1.41. The predicted molar refractivity (Wildman–Crippen MR) is 151 cm³/mol. The van der Waals surface area contributed by atoms with Crippen molar-refractivity contribution < 1.29 is 23.5 Å². The van der Waals surface area contributed by atoms with Crippen LogP contribution in [-0.2, 0) is 21.7 Å². The van der Waals surface area contributed by atoms with E-state index in [1.807, 2.05) is 38.1 Å². The number of pyridine rings is 1. The quantitative estimate of drug-likeness (QED) is 0.309. The van der Waals surface area contributed by atoms with Crippen molar-refractivity contribution in [3.63, 3.8) is 0 Å². The summed E-state index contributed by atoms with van der Waals surface area (Å²) in [7, 11) is 0. The Morgan fingerprint density at radius 1 is 1.20 bits per heavy atom. The van der Waals surface area contributed by atoms with Crippen molar-refractivity contribution >= 4 is 34.3 Å². The van der Waals surface area contributed by atoms with E-state index >= 15 is 4.39 Å². The smallest absolute Gasteiger partial charge is 0.292 e. The summed E-state index contributed by atoms with van der Waals surface area (Å²) >= 11 is 5.80. The van der Waals surface area contributed by atoms with Gasteiger partial charge in [0.1, 0.15) is 17.8 Å². The van der Waals surface area contributed by atoms with E-state index in [1.165, 1.54) is 6.26 Å². The van der Waals surface area contributed by atoms with Gasteiger partial charge in [-0.2, -0.15) is 4.98 Å². The summed E-state index contributed by atoms with van der Waals surface area (Å²) in [5.41, 5.74) is 1.81. The second-order valence-corrected chi connectivity index (χ2v) is 12.0. The zero-order valence-corrected chi connectivity index (χ0v) is 23.5. The highest BCUT2D eigenvalue weighted by atomic mass is 35.5. The molecular formula is C31H30ClFN4O4. The standard InChI is InChI=1S/C31H30ClFN4O4/c1-30(2)17-37(15-18-3-5-19(6-4-18)25-16-41-29(32)35-25)12-11-31(30,40)23-8-9-24-22(27(23)33)13-20(14-34-24)21-7-10-26(38)36-28(21)39/h3-6,8-9,13-14,16,21,40H,7,10-12,15,17H2,1-2H3,(H,36,38,39). The first-order valence-electron chi connectivity index (χ1n) is 13.6. The van der Waals surface area contributed by atoms with Crippen molar-refractivity contribution in [3.8, 4) is 11.3 Å². The van der Waals surface area contributed by atoms with Gasteiger partial charge in [0.05, 0.1) is 17.0 Å². The fraction of sp³-hybridized carbons (Fsp3) is 0.355. The number of piperidine rings is 2. The van der Waals surface area contributed by atoms with E-state index in [4.69, 9.17) is 16.0 Å². The number of carbonyl (C=O) groups is 2. The number of fused-ring (bicyclic) bond motifs is 1. The van der Waals surface area contributed by atoms with Gasteiger partial charge in [-0.05, 0) is 47.7 Å². The van der Waals surface area contributed by atoms with Crippen molar-refractivity contribution in [1.29, 1.82) is 0 Å². The van der Waals surface area contributed by atoms with Crippen LogP contribution in [0.2, 0.25) is 5.35 Å². The Balaban J connectivity index is 1.23. The van der Waals surface area contributed by atoms with Crippen LogP contribution in [0.1, 0.15) is 55.7 Å². The number of carbonyl (C=O) groups excluding carboxylic acids is 2. The summed E-state index contributed by atoms with van der Waals surface area (Å²) in [5, 5.41) is 14.7. The summed E-state index contributed by atoms with van der Waals surface area (Å²) in [4.78, 5) is 34.8. The summed E-state index contributed by atoms with van der Waals surface area (Å²) in [6.07, 6.45) is 4.00. The molecule has 212 valence electrons. The fourth-order valence-corrected chi connectivity index (χ4v) is 6.32. The molecule has 0 radical (unpaired) electrons. The Hall–Kier alpha value is -3.66. The van der Waals surface area contributed by atoms with Gasteiger partial charge in [0, 0.05) is 54.2 Å². The van der Waals surface area contributed by atoms with Gasteiger partial charge in [-0.1, -0.05) is 44.2 Å². The minimum Gasteiger partial charge on any atom is -0.436 e. The van der Waals surface area contributed by atoms with Crippen LogP contribution in [-0.4, -0.2) is 44.9 Å². The van der Waals surface area contributed by atoms with Gasteiger partial charge in [-0.3, -0.25) is 24.8 Å². The summed E-state index contributed by atoms with van der Waals surface area (Å²) in [6, 6.07) is 13.0. The lowest BCUT2D eigenvalue weighted by Crippen LogP contribution is -2.55. The summed E-state index contributed by atoms with van der Waals surface area (Å²) < 4.78 is 21.3. The van der Waals surface area contributed by atoms with Crippen LogP contribution in [0.15, 0.2) is 59.3 Å². The number of amides is 2. The number of hydrogen-bond acceptors (Lipinski definition) is 7. The van der Waals surface area contributed by atoms with E-state index in [9.17, 15) is 14.7 Å². The van der Waals surface area contributed by atoms with E-state index in [0.717, 1.165) is 11.1 Å². The molecule has 41 heavy (non-hydrogen) atoms. The minimum absolute atomic E-state index is 0.0981. The van der Waals surface area contributed by atoms with Gasteiger partial charge in [-0.15, -0.1) is 0 Å². The molecule has 2 aliphatic heterocycles. The third-order valence-corrected chi connectivity index (χ3v) is 8.74. The average molecular weight is 577 g/mol. The SMILES string of the molecule is CC1(C)CN(Cc2ccc(-c3coc(Cl)n3)cc2)CCC1(O)c1ccc2ncc(C3CCC(=O)NC3=O)cc2c1F. The maximum absolute atomic E-state index is 16.2. The van der Waals surface area contributed by atoms with Gasteiger partial charge in [0.25, 0.3) is 5.35 Å². The molecule has 2 unspecified atom stereocenters. The molecule has 2 N–H and O–H groups in total. The normalized spacial score (nSPS) is 23.1. The number of aliphatic hydroxyl groups is 1. The molecule has 4 heterocycles.